The summed E-state index contributed by atoms with van der Waals surface area (Å²) in [5.41, 5.74) is 2.97. The molecule has 2 aromatic rings. The van der Waals surface area contributed by atoms with Gasteiger partial charge in [-0.05, 0) is 42.7 Å². The zero-order valence-electron chi connectivity index (χ0n) is 13.1. The molecular formula is C19H17BrN2O2. The SMILES string of the molecule is O=C1C(C(=O)N2CCc3ccccc32)CCN1c1cccc(Br)c1. The smallest absolute Gasteiger partial charge is 0.239 e. The molecule has 0 bridgehead atoms. The second kappa shape index (κ2) is 6.06. The number of rotatable bonds is 2. The molecule has 0 N–H and O–H groups in total. The van der Waals surface area contributed by atoms with Crippen molar-refractivity contribution in [2.45, 2.75) is 12.8 Å². The summed E-state index contributed by atoms with van der Waals surface area (Å²) >= 11 is 3.43. The number of halogens is 1. The van der Waals surface area contributed by atoms with E-state index in [4.69, 9.17) is 0 Å². The lowest BCUT2D eigenvalue weighted by Crippen LogP contribution is -2.39. The predicted octanol–water partition coefficient (Wildman–Crippen LogP) is 3.39. The van der Waals surface area contributed by atoms with Crippen molar-refractivity contribution in [1.82, 2.24) is 0 Å². The molecule has 1 fully saturated rings. The molecule has 1 saturated heterocycles. The molecule has 122 valence electrons. The maximum atomic E-state index is 12.9. The number of anilines is 2. The number of nitrogens with zero attached hydrogens (tertiary/aromatic N) is 2. The Balaban J connectivity index is 1.56. The fraction of sp³-hybridized carbons (Fsp3) is 0.263. The van der Waals surface area contributed by atoms with Gasteiger partial charge >= 0.3 is 0 Å². The average molecular weight is 385 g/mol. The Bertz CT molecular complexity index is 821. The number of benzene rings is 2. The van der Waals surface area contributed by atoms with Gasteiger partial charge in [0, 0.05) is 28.9 Å². The largest absolute Gasteiger partial charge is 0.312 e. The number of carbonyl (C=O) groups excluding carboxylic acids is 2. The topological polar surface area (TPSA) is 40.6 Å². The highest BCUT2D eigenvalue weighted by Gasteiger charge is 2.41. The lowest BCUT2D eigenvalue weighted by molar-refractivity contribution is -0.130. The zero-order valence-corrected chi connectivity index (χ0v) is 14.7. The fourth-order valence-electron chi connectivity index (χ4n) is 3.56. The molecule has 24 heavy (non-hydrogen) atoms. The summed E-state index contributed by atoms with van der Waals surface area (Å²) in [7, 11) is 0. The van der Waals surface area contributed by atoms with Crippen LogP contribution in [0.4, 0.5) is 11.4 Å². The van der Waals surface area contributed by atoms with E-state index in [1.165, 1.54) is 5.56 Å². The van der Waals surface area contributed by atoms with E-state index in [9.17, 15) is 9.59 Å². The predicted molar refractivity (Wildman–Crippen MR) is 97.1 cm³/mol. The van der Waals surface area contributed by atoms with Crippen LogP contribution in [0.2, 0.25) is 0 Å². The van der Waals surface area contributed by atoms with Crippen LogP contribution in [0.3, 0.4) is 0 Å². The summed E-state index contributed by atoms with van der Waals surface area (Å²) in [6.45, 7) is 1.25. The molecule has 2 aliphatic rings. The number of para-hydroxylation sites is 1. The van der Waals surface area contributed by atoms with Gasteiger partial charge in [-0.2, -0.15) is 0 Å². The van der Waals surface area contributed by atoms with E-state index in [2.05, 4.69) is 15.9 Å². The number of carbonyl (C=O) groups is 2. The summed E-state index contributed by atoms with van der Waals surface area (Å²) in [6.07, 6.45) is 1.43. The highest BCUT2D eigenvalue weighted by molar-refractivity contribution is 9.10. The Kier molecular flexibility index (Phi) is 3.88. The molecule has 0 radical (unpaired) electrons. The minimum Gasteiger partial charge on any atom is -0.312 e. The third-order valence-electron chi connectivity index (χ3n) is 4.78. The standard InChI is InChI=1S/C19H17BrN2O2/c20-14-5-3-6-15(12-14)21-11-9-16(18(21)23)19(24)22-10-8-13-4-1-2-7-17(13)22/h1-7,12,16H,8-11H2. The fourth-order valence-corrected chi connectivity index (χ4v) is 3.95. The van der Waals surface area contributed by atoms with E-state index in [1.807, 2.05) is 48.5 Å². The molecule has 2 aromatic carbocycles. The summed E-state index contributed by atoms with van der Waals surface area (Å²) in [4.78, 5) is 29.2. The van der Waals surface area contributed by atoms with Gasteiger partial charge in [-0.1, -0.05) is 40.2 Å². The first kappa shape index (κ1) is 15.4. The highest BCUT2D eigenvalue weighted by atomic mass is 79.9. The van der Waals surface area contributed by atoms with Gasteiger partial charge in [-0.25, -0.2) is 0 Å². The van der Waals surface area contributed by atoms with Gasteiger partial charge in [-0.15, -0.1) is 0 Å². The molecule has 0 aromatic heterocycles. The zero-order chi connectivity index (χ0) is 16.7. The first-order valence-electron chi connectivity index (χ1n) is 8.11. The van der Waals surface area contributed by atoms with Crippen LogP contribution in [0.1, 0.15) is 12.0 Å². The molecule has 0 aliphatic carbocycles. The van der Waals surface area contributed by atoms with Gasteiger partial charge in [0.25, 0.3) is 0 Å². The van der Waals surface area contributed by atoms with Crippen LogP contribution >= 0.6 is 15.9 Å². The summed E-state index contributed by atoms with van der Waals surface area (Å²) in [5.74, 6) is -0.736. The van der Waals surface area contributed by atoms with Crippen molar-refractivity contribution in [2.24, 2.45) is 5.92 Å². The van der Waals surface area contributed by atoms with Gasteiger partial charge < -0.3 is 9.80 Å². The van der Waals surface area contributed by atoms with Gasteiger partial charge in [0.2, 0.25) is 11.8 Å². The molecule has 4 nitrogen and oxygen atoms in total. The Hall–Kier alpha value is -2.14. The number of amides is 2. The lowest BCUT2D eigenvalue weighted by atomic mass is 10.1. The van der Waals surface area contributed by atoms with Crippen LogP contribution in [0.5, 0.6) is 0 Å². The third-order valence-corrected chi connectivity index (χ3v) is 5.27. The van der Waals surface area contributed by atoms with Crippen molar-refractivity contribution < 1.29 is 9.59 Å². The van der Waals surface area contributed by atoms with Gasteiger partial charge in [0.05, 0.1) is 0 Å². The molecule has 2 heterocycles. The molecule has 1 unspecified atom stereocenters. The van der Waals surface area contributed by atoms with E-state index in [-0.39, 0.29) is 11.8 Å². The quantitative estimate of drug-likeness (QED) is 0.744. The van der Waals surface area contributed by atoms with Crippen LogP contribution in [-0.2, 0) is 16.0 Å². The molecule has 0 spiro atoms. The summed E-state index contributed by atoms with van der Waals surface area (Å²) < 4.78 is 0.927. The minimum atomic E-state index is -0.574. The number of hydrogen-bond donors (Lipinski definition) is 0. The normalized spacial score (nSPS) is 19.7. The van der Waals surface area contributed by atoms with Crippen molar-refractivity contribution in [2.75, 3.05) is 22.9 Å². The molecular weight excluding hydrogens is 368 g/mol. The van der Waals surface area contributed by atoms with Crippen LogP contribution in [-0.4, -0.2) is 24.9 Å². The summed E-state index contributed by atoms with van der Waals surface area (Å²) in [6, 6.07) is 15.6. The van der Waals surface area contributed by atoms with E-state index in [1.54, 1.807) is 9.80 Å². The Morgan fingerprint density at radius 2 is 1.92 bits per heavy atom. The monoisotopic (exact) mass is 384 g/mol. The van der Waals surface area contributed by atoms with Crippen molar-refractivity contribution in [3.63, 3.8) is 0 Å². The molecule has 0 saturated carbocycles. The van der Waals surface area contributed by atoms with Crippen molar-refractivity contribution >= 4 is 39.1 Å². The van der Waals surface area contributed by atoms with Gasteiger partial charge in [-0.3, -0.25) is 9.59 Å². The second-order valence-electron chi connectivity index (χ2n) is 6.18. The van der Waals surface area contributed by atoms with Gasteiger partial charge in [0.1, 0.15) is 5.92 Å². The van der Waals surface area contributed by atoms with Crippen LogP contribution in [0.15, 0.2) is 53.0 Å². The minimum absolute atomic E-state index is 0.0672. The first-order chi connectivity index (χ1) is 11.6. The maximum absolute atomic E-state index is 12.9. The Morgan fingerprint density at radius 3 is 2.75 bits per heavy atom. The van der Waals surface area contributed by atoms with Crippen molar-refractivity contribution in [3.05, 3.63) is 58.6 Å². The van der Waals surface area contributed by atoms with E-state index >= 15 is 0 Å². The molecule has 5 heteroatoms. The number of fused-ring (bicyclic) bond motifs is 1. The molecule has 2 amide bonds. The highest BCUT2D eigenvalue weighted by Crippen LogP contribution is 2.33. The van der Waals surface area contributed by atoms with Crippen molar-refractivity contribution in [3.8, 4) is 0 Å². The Labute approximate surface area is 149 Å². The number of hydrogen-bond acceptors (Lipinski definition) is 2. The van der Waals surface area contributed by atoms with Crippen molar-refractivity contribution in [1.29, 1.82) is 0 Å². The molecule has 2 aliphatic heterocycles. The molecule has 4 rings (SSSR count). The third kappa shape index (κ3) is 2.53. The van der Waals surface area contributed by atoms with E-state index in [0.717, 1.165) is 22.3 Å². The average Bonchev–Trinajstić information content (AvgIpc) is 3.18. The second-order valence-corrected chi connectivity index (χ2v) is 7.10. The maximum Gasteiger partial charge on any atom is 0.239 e. The van der Waals surface area contributed by atoms with Crippen LogP contribution in [0, 0.1) is 5.92 Å². The van der Waals surface area contributed by atoms with E-state index < -0.39 is 5.92 Å². The van der Waals surface area contributed by atoms with Crippen LogP contribution in [0.25, 0.3) is 0 Å². The van der Waals surface area contributed by atoms with Crippen LogP contribution < -0.4 is 9.80 Å². The van der Waals surface area contributed by atoms with E-state index in [0.29, 0.717) is 19.5 Å². The molecule has 1 atom stereocenters. The Morgan fingerprint density at radius 1 is 1.08 bits per heavy atom. The summed E-state index contributed by atoms with van der Waals surface area (Å²) in [5, 5.41) is 0. The lowest BCUT2D eigenvalue weighted by Gasteiger charge is -2.21. The first-order valence-corrected chi connectivity index (χ1v) is 8.90. The van der Waals surface area contributed by atoms with Gasteiger partial charge in [0.15, 0.2) is 0 Å².